The van der Waals surface area contributed by atoms with E-state index in [1.807, 2.05) is 35.3 Å². The third kappa shape index (κ3) is 7.68. The Labute approximate surface area is 166 Å². The molecule has 150 valence electrons. The van der Waals surface area contributed by atoms with E-state index < -0.39 is 19.0 Å². The van der Waals surface area contributed by atoms with Crippen LogP contribution in [-0.4, -0.2) is 52.7 Å². The number of hydrogen-bond donors (Lipinski definition) is 0. The standard InChI is InChI=1S/C18H26F4OS3/c1-24-15-10-25-16(26-11-15)5-3-2-4-13-6-8-14(9-7-13)23-12-18(21,22)17(19)20/h2-5,13-17H,6-12H2,1H3/b4-2+,5-3+. The molecule has 0 aromatic carbocycles. The van der Waals surface area contributed by atoms with Gasteiger partial charge in [0, 0.05) is 16.8 Å². The lowest BCUT2D eigenvalue weighted by atomic mass is 9.87. The van der Waals surface area contributed by atoms with Crippen molar-refractivity contribution in [3.63, 3.8) is 0 Å². The lowest BCUT2D eigenvalue weighted by Gasteiger charge is -2.28. The Morgan fingerprint density at radius 2 is 1.69 bits per heavy atom. The fourth-order valence-corrected chi connectivity index (χ4v) is 6.88. The summed E-state index contributed by atoms with van der Waals surface area (Å²) in [6, 6.07) is 0. The second-order valence-electron chi connectivity index (χ2n) is 6.57. The summed E-state index contributed by atoms with van der Waals surface area (Å²) in [6.45, 7) is -1.19. The Hall–Kier alpha value is 0.210. The summed E-state index contributed by atoms with van der Waals surface area (Å²) in [5.41, 5.74) is 0. The first-order chi connectivity index (χ1) is 12.4. The highest BCUT2D eigenvalue weighted by Crippen LogP contribution is 2.35. The van der Waals surface area contributed by atoms with E-state index in [2.05, 4.69) is 30.6 Å². The van der Waals surface area contributed by atoms with Crippen molar-refractivity contribution in [2.75, 3.05) is 24.4 Å². The van der Waals surface area contributed by atoms with Crippen molar-refractivity contribution in [1.82, 2.24) is 0 Å². The van der Waals surface area contributed by atoms with Gasteiger partial charge in [-0.2, -0.15) is 20.5 Å². The molecular weight excluding hydrogens is 404 g/mol. The van der Waals surface area contributed by atoms with Crippen LogP contribution in [0.3, 0.4) is 0 Å². The lowest BCUT2D eigenvalue weighted by molar-refractivity contribution is -0.178. The Bertz CT molecular complexity index is 457. The lowest BCUT2D eigenvalue weighted by Crippen LogP contribution is -2.35. The fraction of sp³-hybridized carbons (Fsp3) is 0.778. The zero-order chi connectivity index (χ0) is 19.0. The number of ether oxygens (including phenoxy) is 1. The zero-order valence-corrected chi connectivity index (χ0v) is 17.2. The summed E-state index contributed by atoms with van der Waals surface area (Å²) in [6.07, 6.45) is 9.68. The predicted molar refractivity (Wildman–Crippen MR) is 107 cm³/mol. The van der Waals surface area contributed by atoms with Crippen LogP contribution in [0, 0.1) is 5.92 Å². The van der Waals surface area contributed by atoms with Crippen molar-refractivity contribution in [2.45, 2.75) is 54.0 Å². The van der Waals surface area contributed by atoms with Crippen molar-refractivity contribution in [3.05, 3.63) is 24.3 Å². The molecule has 0 N–H and O–H groups in total. The van der Waals surface area contributed by atoms with E-state index in [0.29, 0.717) is 23.3 Å². The summed E-state index contributed by atoms with van der Waals surface area (Å²) in [4.78, 5) is 0. The summed E-state index contributed by atoms with van der Waals surface area (Å²) in [7, 11) is 0. The van der Waals surface area contributed by atoms with Crippen LogP contribution in [0.4, 0.5) is 17.6 Å². The van der Waals surface area contributed by atoms with E-state index in [1.165, 1.54) is 11.5 Å². The van der Waals surface area contributed by atoms with Crippen molar-refractivity contribution in [3.8, 4) is 0 Å². The summed E-state index contributed by atoms with van der Waals surface area (Å²) < 4.78 is 55.5. The van der Waals surface area contributed by atoms with Gasteiger partial charge in [-0.1, -0.05) is 24.3 Å². The molecule has 1 aliphatic carbocycles. The Balaban J connectivity index is 1.62. The summed E-state index contributed by atoms with van der Waals surface area (Å²) >= 11 is 5.90. The van der Waals surface area contributed by atoms with Gasteiger partial charge in [0.25, 0.3) is 0 Å². The number of allylic oxidation sites excluding steroid dienone is 3. The van der Waals surface area contributed by atoms with E-state index in [-0.39, 0.29) is 6.10 Å². The van der Waals surface area contributed by atoms with Gasteiger partial charge in [0.2, 0.25) is 0 Å². The third-order valence-electron chi connectivity index (χ3n) is 4.54. The normalized spacial score (nSPS) is 31.3. The minimum Gasteiger partial charge on any atom is -0.372 e. The van der Waals surface area contributed by atoms with E-state index in [0.717, 1.165) is 18.1 Å². The highest BCUT2D eigenvalue weighted by atomic mass is 32.2. The molecule has 2 fully saturated rings. The van der Waals surface area contributed by atoms with Gasteiger partial charge in [-0.05, 0) is 37.9 Å². The first kappa shape index (κ1) is 22.5. The first-order valence-corrected chi connectivity index (χ1v) is 12.2. The average molecular weight is 431 g/mol. The fourth-order valence-electron chi connectivity index (χ4n) is 2.86. The van der Waals surface area contributed by atoms with Gasteiger partial charge >= 0.3 is 12.3 Å². The Morgan fingerprint density at radius 1 is 1.08 bits per heavy atom. The second-order valence-corrected chi connectivity index (χ2v) is 10.4. The molecule has 0 atom stereocenters. The molecule has 0 unspecified atom stereocenters. The molecular formula is C18H26F4OS3. The molecule has 1 nitrogen and oxygen atoms in total. The Kier molecular flexibility index (Phi) is 9.75. The monoisotopic (exact) mass is 430 g/mol. The summed E-state index contributed by atoms with van der Waals surface area (Å²) in [5.74, 6) is -1.25. The number of thioether (sulfide) groups is 3. The van der Waals surface area contributed by atoms with Crippen molar-refractivity contribution in [2.24, 2.45) is 5.92 Å². The number of hydrogen-bond acceptors (Lipinski definition) is 4. The zero-order valence-electron chi connectivity index (χ0n) is 14.8. The molecule has 0 aromatic rings. The van der Waals surface area contributed by atoms with Gasteiger partial charge in [0.1, 0.15) is 6.61 Å². The average Bonchev–Trinajstić information content (AvgIpc) is 2.65. The molecule has 2 aliphatic rings. The van der Waals surface area contributed by atoms with Crippen molar-refractivity contribution < 1.29 is 22.3 Å². The molecule has 0 radical (unpaired) electrons. The predicted octanol–water partition coefficient (Wildman–Crippen LogP) is 6.11. The van der Waals surface area contributed by atoms with Crippen LogP contribution in [0.5, 0.6) is 0 Å². The van der Waals surface area contributed by atoms with E-state index in [9.17, 15) is 17.6 Å². The van der Waals surface area contributed by atoms with Crippen LogP contribution < -0.4 is 0 Å². The smallest absolute Gasteiger partial charge is 0.330 e. The van der Waals surface area contributed by atoms with Crippen LogP contribution in [0.25, 0.3) is 0 Å². The van der Waals surface area contributed by atoms with Gasteiger partial charge in [0.05, 0.1) is 10.7 Å². The molecule has 1 saturated carbocycles. The summed E-state index contributed by atoms with van der Waals surface area (Å²) in [5, 5.41) is 0.753. The molecule has 0 aromatic heterocycles. The molecule has 2 rings (SSSR count). The quantitative estimate of drug-likeness (QED) is 0.339. The maximum absolute atomic E-state index is 12.9. The molecule has 1 saturated heterocycles. The molecule has 0 bridgehead atoms. The Morgan fingerprint density at radius 3 is 2.27 bits per heavy atom. The SMILES string of the molecule is CSC1CSC(/C=C/C=C/C2CCC(OCC(F)(F)C(F)F)CC2)SC1. The number of rotatable bonds is 8. The topological polar surface area (TPSA) is 9.23 Å². The van der Waals surface area contributed by atoms with Crippen molar-refractivity contribution >= 4 is 35.3 Å². The number of halogens is 4. The maximum atomic E-state index is 12.9. The van der Waals surface area contributed by atoms with Crippen LogP contribution >= 0.6 is 35.3 Å². The van der Waals surface area contributed by atoms with Crippen LogP contribution in [0.2, 0.25) is 0 Å². The molecule has 0 spiro atoms. The molecule has 26 heavy (non-hydrogen) atoms. The minimum absolute atomic E-state index is 0.334. The van der Waals surface area contributed by atoms with Crippen LogP contribution in [0.15, 0.2) is 24.3 Å². The minimum atomic E-state index is -4.05. The highest BCUT2D eigenvalue weighted by molar-refractivity contribution is 8.19. The van der Waals surface area contributed by atoms with Gasteiger partial charge in [0.15, 0.2) is 0 Å². The van der Waals surface area contributed by atoms with E-state index in [4.69, 9.17) is 4.74 Å². The van der Waals surface area contributed by atoms with Gasteiger partial charge in [-0.25, -0.2) is 8.78 Å². The van der Waals surface area contributed by atoms with E-state index in [1.54, 1.807) is 0 Å². The first-order valence-electron chi connectivity index (χ1n) is 8.79. The molecule has 8 heteroatoms. The van der Waals surface area contributed by atoms with Crippen molar-refractivity contribution in [1.29, 1.82) is 0 Å². The largest absolute Gasteiger partial charge is 0.372 e. The molecule has 1 heterocycles. The highest BCUT2D eigenvalue weighted by Gasteiger charge is 2.41. The van der Waals surface area contributed by atoms with Crippen LogP contribution in [0.1, 0.15) is 25.7 Å². The number of alkyl halides is 4. The van der Waals surface area contributed by atoms with Gasteiger partial charge in [-0.3, -0.25) is 0 Å². The third-order valence-corrected chi connectivity index (χ3v) is 8.94. The van der Waals surface area contributed by atoms with E-state index >= 15 is 0 Å². The maximum Gasteiger partial charge on any atom is 0.330 e. The second kappa shape index (κ2) is 11.3. The van der Waals surface area contributed by atoms with Crippen LogP contribution in [-0.2, 0) is 4.74 Å². The van der Waals surface area contributed by atoms with Gasteiger partial charge in [-0.15, -0.1) is 23.5 Å². The molecule has 1 aliphatic heterocycles. The molecule has 0 amide bonds. The van der Waals surface area contributed by atoms with Gasteiger partial charge < -0.3 is 4.74 Å².